The highest BCUT2D eigenvalue weighted by molar-refractivity contribution is 5.99. The Labute approximate surface area is 82.8 Å². The van der Waals surface area contributed by atoms with Gasteiger partial charge in [-0.2, -0.15) is 0 Å². The molecule has 1 amide bonds. The molecule has 1 aromatic rings. The van der Waals surface area contributed by atoms with Gasteiger partial charge in [-0.1, -0.05) is 24.3 Å². The molecule has 1 aliphatic rings. The summed E-state index contributed by atoms with van der Waals surface area (Å²) in [4.78, 5) is 13.0. The van der Waals surface area contributed by atoms with E-state index in [2.05, 4.69) is 0 Å². The van der Waals surface area contributed by atoms with Crippen molar-refractivity contribution in [2.45, 2.75) is 6.92 Å². The molecule has 2 N–H and O–H groups in total. The minimum atomic E-state index is 0.0218. The van der Waals surface area contributed by atoms with E-state index in [9.17, 15) is 4.79 Å². The minimum Gasteiger partial charge on any atom is -0.397 e. The van der Waals surface area contributed by atoms with E-state index in [1.54, 1.807) is 11.8 Å². The number of hydrogen-bond acceptors (Lipinski definition) is 2. The molecule has 0 saturated carbocycles. The maximum atomic E-state index is 11.4. The highest BCUT2D eigenvalue weighted by Crippen LogP contribution is 2.31. The Bertz CT molecular complexity index is 410. The topological polar surface area (TPSA) is 46.3 Å². The van der Waals surface area contributed by atoms with Crippen molar-refractivity contribution in [3.8, 4) is 0 Å². The van der Waals surface area contributed by atoms with Crippen LogP contribution in [0, 0.1) is 0 Å². The van der Waals surface area contributed by atoms with E-state index in [0.29, 0.717) is 12.2 Å². The van der Waals surface area contributed by atoms with Crippen molar-refractivity contribution >= 4 is 23.4 Å². The average Bonchev–Trinajstić information content (AvgIpc) is 2.17. The van der Waals surface area contributed by atoms with E-state index in [0.717, 1.165) is 11.3 Å². The highest BCUT2D eigenvalue weighted by atomic mass is 16.2. The fourth-order valence-corrected chi connectivity index (χ4v) is 1.69. The van der Waals surface area contributed by atoms with E-state index in [1.165, 1.54) is 0 Å². The lowest BCUT2D eigenvalue weighted by Crippen LogP contribution is -2.31. The van der Waals surface area contributed by atoms with Gasteiger partial charge in [-0.25, -0.2) is 0 Å². The highest BCUT2D eigenvalue weighted by Gasteiger charge is 2.18. The molecule has 0 atom stereocenters. The largest absolute Gasteiger partial charge is 0.397 e. The molecule has 1 heterocycles. The fraction of sp³-hybridized carbons (Fsp3) is 0.182. The van der Waals surface area contributed by atoms with Crippen molar-refractivity contribution in [1.29, 1.82) is 0 Å². The van der Waals surface area contributed by atoms with Gasteiger partial charge in [0.15, 0.2) is 0 Å². The van der Waals surface area contributed by atoms with E-state index >= 15 is 0 Å². The number of carbonyl (C=O) groups is 1. The molecule has 1 aliphatic heterocycles. The van der Waals surface area contributed by atoms with E-state index in [4.69, 9.17) is 5.73 Å². The van der Waals surface area contributed by atoms with E-state index in [-0.39, 0.29) is 5.91 Å². The summed E-state index contributed by atoms with van der Waals surface area (Å²) in [5, 5.41) is 0. The summed E-state index contributed by atoms with van der Waals surface area (Å²) in [6.45, 7) is 2.16. The SMILES string of the molecule is CC(=O)N1CC=Cc2cccc(N)c21. The molecule has 0 radical (unpaired) electrons. The number of benzene rings is 1. The molecule has 1 aromatic carbocycles. The molecule has 3 nitrogen and oxygen atoms in total. The van der Waals surface area contributed by atoms with Crippen LogP contribution in [-0.2, 0) is 4.79 Å². The normalized spacial score (nSPS) is 13.9. The summed E-state index contributed by atoms with van der Waals surface area (Å²) >= 11 is 0. The number of carbonyl (C=O) groups excluding carboxylic acids is 1. The Hall–Kier alpha value is -1.77. The Balaban J connectivity index is 2.58. The van der Waals surface area contributed by atoms with Gasteiger partial charge in [0.25, 0.3) is 0 Å². The third-order valence-electron chi connectivity index (χ3n) is 2.33. The lowest BCUT2D eigenvalue weighted by Gasteiger charge is -2.26. The molecule has 3 heteroatoms. The number of nitrogens with two attached hydrogens (primary N) is 1. The summed E-state index contributed by atoms with van der Waals surface area (Å²) in [7, 11) is 0. The summed E-state index contributed by atoms with van der Waals surface area (Å²) < 4.78 is 0. The molecule has 0 bridgehead atoms. The van der Waals surface area contributed by atoms with Gasteiger partial charge in [0.1, 0.15) is 0 Å². The van der Waals surface area contributed by atoms with Crippen LogP contribution in [0.15, 0.2) is 24.3 Å². The first-order chi connectivity index (χ1) is 6.70. The van der Waals surface area contributed by atoms with Gasteiger partial charge in [-0.05, 0) is 6.07 Å². The van der Waals surface area contributed by atoms with Gasteiger partial charge < -0.3 is 10.6 Å². The monoisotopic (exact) mass is 188 g/mol. The van der Waals surface area contributed by atoms with Gasteiger partial charge >= 0.3 is 0 Å². The Morgan fingerprint density at radius 1 is 1.50 bits per heavy atom. The van der Waals surface area contributed by atoms with Crippen molar-refractivity contribution in [2.75, 3.05) is 17.2 Å². The van der Waals surface area contributed by atoms with E-state index < -0.39 is 0 Å². The van der Waals surface area contributed by atoms with Crippen LogP contribution in [0.25, 0.3) is 6.08 Å². The molecule has 2 rings (SSSR count). The second-order valence-corrected chi connectivity index (χ2v) is 3.32. The molecule has 0 spiro atoms. The smallest absolute Gasteiger partial charge is 0.224 e. The zero-order chi connectivity index (χ0) is 10.1. The lowest BCUT2D eigenvalue weighted by molar-refractivity contribution is -0.116. The van der Waals surface area contributed by atoms with Crippen molar-refractivity contribution in [3.05, 3.63) is 29.8 Å². The molecule has 0 unspecified atom stereocenters. The summed E-state index contributed by atoms with van der Waals surface area (Å²) in [6.07, 6.45) is 3.95. The molecule has 0 aromatic heterocycles. The maximum absolute atomic E-state index is 11.4. The first-order valence-corrected chi connectivity index (χ1v) is 4.53. The van der Waals surface area contributed by atoms with Crippen molar-refractivity contribution < 1.29 is 4.79 Å². The van der Waals surface area contributed by atoms with Crippen LogP contribution in [0.3, 0.4) is 0 Å². The Morgan fingerprint density at radius 2 is 2.29 bits per heavy atom. The van der Waals surface area contributed by atoms with Crippen LogP contribution >= 0.6 is 0 Å². The van der Waals surface area contributed by atoms with Gasteiger partial charge in [-0.3, -0.25) is 4.79 Å². The predicted octanol–water partition coefficient (Wildman–Crippen LogP) is 1.65. The fourth-order valence-electron chi connectivity index (χ4n) is 1.69. The zero-order valence-electron chi connectivity index (χ0n) is 8.03. The number of rotatable bonds is 0. The first kappa shape index (κ1) is 8.81. The summed E-state index contributed by atoms with van der Waals surface area (Å²) in [6, 6.07) is 5.66. The molecule has 14 heavy (non-hydrogen) atoms. The third kappa shape index (κ3) is 1.27. The zero-order valence-corrected chi connectivity index (χ0v) is 8.03. The number of nitrogens with zero attached hydrogens (tertiary/aromatic N) is 1. The lowest BCUT2D eigenvalue weighted by atomic mass is 10.1. The van der Waals surface area contributed by atoms with Crippen LogP contribution in [0.4, 0.5) is 11.4 Å². The molecule has 0 aliphatic carbocycles. The molecule has 0 fully saturated rings. The number of para-hydroxylation sites is 1. The molecular weight excluding hydrogens is 176 g/mol. The average molecular weight is 188 g/mol. The van der Waals surface area contributed by atoms with Crippen LogP contribution in [0.1, 0.15) is 12.5 Å². The van der Waals surface area contributed by atoms with Crippen LogP contribution in [0.5, 0.6) is 0 Å². The number of anilines is 2. The molecule has 0 saturated heterocycles. The molecule has 72 valence electrons. The van der Waals surface area contributed by atoms with Crippen LogP contribution < -0.4 is 10.6 Å². The van der Waals surface area contributed by atoms with Gasteiger partial charge in [0, 0.05) is 19.0 Å². The maximum Gasteiger partial charge on any atom is 0.224 e. The quantitative estimate of drug-likeness (QED) is 0.629. The standard InChI is InChI=1S/C11H12N2O/c1-8(14)13-7-3-5-9-4-2-6-10(12)11(9)13/h2-6H,7,12H2,1H3. The number of nitrogen functional groups attached to an aromatic ring is 1. The predicted molar refractivity (Wildman–Crippen MR) is 57.9 cm³/mol. The number of fused-ring (bicyclic) bond motifs is 1. The molecular formula is C11H12N2O. The first-order valence-electron chi connectivity index (χ1n) is 4.53. The number of hydrogen-bond donors (Lipinski definition) is 1. The van der Waals surface area contributed by atoms with Gasteiger partial charge in [-0.15, -0.1) is 0 Å². The van der Waals surface area contributed by atoms with Crippen LogP contribution in [-0.4, -0.2) is 12.5 Å². The van der Waals surface area contributed by atoms with E-state index in [1.807, 2.05) is 30.4 Å². The van der Waals surface area contributed by atoms with Crippen molar-refractivity contribution in [2.24, 2.45) is 0 Å². The summed E-state index contributed by atoms with van der Waals surface area (Å²) in [5.41, 5.74) is 8.34. The second-order valence-electron chi connectivity index (χ2n) is 3.32. The van der Waals surface area contributed by atoms with Crippen LogP contribution in [0.2, 0.25) is 0 Å². The Morgan fingerprint density at radius 3 is 3.00 bits per heavy atom. The van der Waals surface area contributed by atoms with Gasteiger partial charge in [0.2, 0.25) is 5.91 Å². The number of amides is 1. The Kier molecular flexibility index (Phi) is 2.00. The summed E-state index contributed by atoms with van der Waals surface area (Å²) in [5.74, 6) is 0.0218. The van der Waals surface area contributed by atoms with Gasteiger partial charge in [0.05, 0.1) is 11.4 Å². The minimum absolute atomic E-state index is 0.0218. The third-order valence-corrected chi connectivity index (χ3v) is 2.33. The van der Waals surface area contributed by atoms with Crippen molar-refractivity contribution in [1.82, 2.24) is 0 Å². The second kappa shape index (κ2) is 3.18. The van der Waals surface area contributed by atoms with Crippen molar-refractivity contribution in [3.63, 3.8) is 0 Å².